The van der Waals surface area contributed by atoms with Crippen molar-refractivity contribution in [1.82, 2.24) is 0 Å². The number of phenols is 1. The Hall–Kier alpha value is -1.48. The van der Waals surface area contributed by atoms with E-state index in [4.69, 9.17) is 10.2 Å². The minimum Gasteiger partial charge on any atom is -0.507 e. The van der Waals surface area contributed by atoms with Crippen LogP contribution in [0.25, 0.3) is 11.0 Å². The molecular weight excluding hydrogens is 178 g/mol. The van der Waals surface area contributed by atoms with E-state index in [1.165, 1.54) is 0 Å². The Morgan fingerprint density at radius 2 is 2.21 bits per heavy atom. The van der Waals surface area contributed by atoms with E-state index in [1.54, 1.807) is 12.1 Å². The standard InChI is InChI=1S/C11H13NO2/c12-6-2-3-8-7-9-10(13)4-1-5-11(9)14-8/h1,4-5,7,13H,2-3,6,12H2. The van der Waals surface area contributed by atoms with E-state index in [2.05, 4.69) is 0 Å². The molecule has 0 radical (unpaired) electrons. The molecule has 0 unspecified atom stereocenters. The number of nitrogens with two attached hydrogens (primary N) is 1. The van der Waals surface area contributed by atoms with E-state index in [1.807, 2.05) is 12.1 Å². The molecular formula is C11H13NO2. The Labute approximate surface area is 82.1 Å². The SMILES string of the molecule is NCCCc1cc2c(O)cccc2o1. The average Bonchev–Trinajstić information content (AvgIpc) is 2.59. The summed E-state index contributed by atoms with van der Waals surface area (Å²) in [7, 11) is 0. The van der Waals surface area contributed by atoms with Crippen LogP contribution in [-0.2, 0) is 6.42 Å². The lowest BCUT2D eigenvalue weighted by atomic mass is 10.2. The van der Waals surface area contributed by atoms with Crippen LogP contribution < -0.4 is 5.73 Å². The van der Waals surface area contributed by atoms with Crippen LogP contribution in [0.3, 0.4) is 0 Å². The van der Waals surface area contributed by atoms with Crippen LogP contribution in [0.1, 0.15) is 12.2 Å². The van der Waals surface area contributed by atoms with Gasteiger partial charge in [0.1, 0.15) is 17.1 Å². The lowest BCUT2D eigenvalue weighted by Crippen LogP contribution is -1.99. The van der Waals surface area contributed by atoms with Crippen molar-refractivity contribution in [3.8, 4) is 5.75 Å². The molecule has 0 aliphatic heterocycles. The van der Waals surface area contributed by atoms with Gasteiger partial charge in [-0.1, -0.05) is 6.07 Å². The zero-order chi connectivity index (χ0) is 9.97. The Kier molecular flexibility index (Phi) is 2.41. The summed E-state index contributed by atoms with van der Waals surface area (Å²) < 4.78 is 5.54. The summed E-state index contributed by atoms with van der Waals surface area (Å²) in [6.07, 6.45) is 1.73. The third-order valence-electron chi connectivity index (χ3n) is 2.22. The highest BCUT2D eigenvalue weighted by molar-refractivity contribution is 5.84. The third kappa shape index (κ3) is 1.59. The first-order valence-electron chi connectivity index (χ1n) is 4.72. The zero-order valence-electron chi connectivity index (χ0n) is 7.86. The summed E-state index contributed by atoms with van der Waals surface area (Å²) in [6, 6.07) is 7.15. The summed E-state index contributed by atoms with van der Waals surface area (Å²) in [5.74, 6) is 1.15. The molecule has 14 heavy (non-hydrogen) atoms. The highest BCUT2D eigenvalue weighted by Gasteiger charge is 2.05. The maximum absolute atomic E-state index is 9.53. The predicted octanol–water partition coefficient (Wildman–Crippen LogP) is 2.03. The van der Waals surface area contributed by atoms with E-state index in [-0.39, 0.29) is 5.75 Å². The monoisotopic (exact) mass is 191 g/mol. The molecule has 3 N–H and O–H groups in total. The Morgan fingerprint density at radius 1 is 1.36 bits per heavy atom. The fourth-order valence-electron chi connectivity index (χ4n) is 1.50. The first kappa shape index (κ1) is 9.09. The number of rotatable bonds is 3. The minimum absolute atomic E-state index is 0.269. The molecule has 0 fully saturated rings. The lowest BCUT2D eigenvalue weighted by Gasteiger charge is -1.91. The van der Waals surface area contributed by atoms with Gasteiger partial charge in [-0.15, -0.1) is 0 Å². The van der Waals surface area contributed by atoms with Crippen LogP contribution in [0.4, 0.5) is 0 Å². The second-order valence-electron chi connectivity index (χ2n) is 3.29. The normalized spacial score (nSPS) is 10.9. The second-order valence-corrected chi connectivity index (χ2v) is 3.29. The van der Waals surface area contributed by atoms with Gasteiger partial charge in [-0.05, 0) is 31.2 Å². The Bertz CT molecular complexity index is 434. The van der Waals surface area contributed by atoms with Gasteiger partial charge in [0.05, 0.1) is 5.39 Å². The molecule has 74 valence electrons. The number of furan rings is 1. The molecule has 3 heteroatoms. The molecule has 0 atom stereocenters. The molecule has 0 saturated carbocycles. The average molecular weight is 191 g/mol. The highest BCUT2D eigenvalue weighted by atomic mass is 16.3. The van der Waals surface area contributed by atoms with Gasteiger partial charge in [0.25, 0.3) is 0 Å². The van der Waals surface area contributed by atoms with Crippen molar-refractivity contribution in [1.29, 1.82) is 0 Å². The molecule has 0 spiro atoms. The number of aryl methyl sites for hydroxylation is 1. The van der Waals surface area contributed by atoms with Gasteiger partial charge in [-0.2, -0.15) is 0 Å². The summed E-state index contributed by atoms with van der Waals surface area (Å²) in [6.45, 7) is 0.656. The van der Waals surface area contributed by atoms with Crippen LogP contribution >= 0.6 is 0 Å². The van der Waals surface area contributed by atoms with Gasteiger partial charge in [0.2, 0.25) is 0 Å². The quantitative estimate of drug-likeness (QED) is 0.780. The van der Waals surface area contributed by atoms with E-state index in [9.17, 15) is 5.11 Å². The first-order valence-corrected chi connectivity index (χ1v) is 4.72. The molecule has 1 heterocycles. The number of phenolic OH excluding ortho intramolecular Hbond substituents is 1. The van der Waals surface area contributed by atoms with Gasteiger partial charge in [-0.3, -0.25) is 0 Å². The highest BCUT2D eigenvalue weighted by Crippen LogP contribution is 2.27. The van der Waals surface area contributed by atoms with Crippen LogP contribution in [-0.4, -0.2) is 11.7 Å². The van der Waals surface area contributed by atoms with Crippen molar-refractivity contribution in [2.75, 3.05) is 6.54 Å². The van der Waals surface area contributed by atoms with Gasteiger partial charge < -0.3 is 15.3 Å². The van der Waals surface area contributed by atoms with E-state index in [0.717, 1.165) is 29.6 Å². The topological polar surface area (TPSA) is 59.4 Å². The molecule has 2 rings (SSSR count). The first-order chi connectivity index (χ1) is 6.81. The van der Waals surface area contributed by atoms with Crippen molar-refractivity contribution in [2.24, 2.45) is 5.73 Å². The molecule has 1 aromatic carbocycles. The van der Waals surface area contributed by atoms with Crippen molar-refractivity contribution < 1.29 is 9.52 Å². The second kappa shape index (κ2) is 3.72. The van der Waals surface area contributed by atoms with Gasteiger partial charge in [-0.25, -0.2) is 0 Å². The molecule has 0 saturated heterocycles. The summed E-state index contributed by atoms with van der Waals surface area (Å²) in [5.41, 5.74) is 6.14. The maximum Gasteiger partial charge on any atom is 0.137 e. The van der Waals surface area contributed by atoms with Crippen molar-refractivity contribution in [3.63, 3.8) is 0 Å². The van der Waals surface area contributed by atoms with Gasteiger partial charge in [0.15, 0.2) is 0 Å². The number of aromatic hydroxyl groups is 1. The summed E-state index contributed by atoms with van der Waals surface area (Å²) in [4.78, 5) is 0. The minimum atomic E-state index is 0.269. The largest absolute Gasteiger partial charge is 0.507 e. The van der Waals surface area contributed by atoms with Crippen molar-refractivity contribution in [3.05, 3.63) is 30.0 Å². The van der Waals surface area contributed by atoms with Crippen LogP contribution in [0, 0.1) is 0 Å². The number of fused-ring (bicyclic) bond motifs is 1. The van der Waals surface area contributed by atoms with E-state index in [0.29, 0.717) is 6.54 Å². The number of hydrogen-bond acceptors (Lipinski definition) is 3. The molecule has 0 bridgehead atoms. The fraction of sp³-hybridized carbons (Fsp3) is 0.273. The molecule has 2 aromatic rings. The lowest BCUT2D eigenvalue weighted by molar-refractivity contribution is 0.481. The Morgan fingerprint density at radius 3 is 2.93 bits per heavy atom. The van der Waals surface area contributed by atoms with Crippen LogP contribution in [0.2, 0.25) is 0 Å². The van der Waals surface area contributed by atoms with E-state index < -0.39 is 0 Å². The predicted molar refractivity (Wildman–Crippen MR) is 55.3 cm³/mol. The van der Waals surface area contributed by atoms with Crippen LogP contribution in [0.15, 0.2) is 28.7 Å². The smallest absolute Gasteiger partial charge is 0.137 e. The molecule has 1 aromatic heterocycles. The molecule has 3 nitrogen and oxygen atoms in total. The number of hydrogen-bond donors (Lipinski definition) is 2. The van der Waals surface area contributed by atoms with E-state index >= 15 is 0 Å². The number of benzene rings is 1. The summed E-state index contributed by atoms with van der Waals surface area (Å²) in [5, 5.41) is 10.3. The van der Waals surface area contributed by atoms with Gasteiger partial charge in [0, 0.05) is 6.42 Å². The van der Waals surface area contributed by atoms with Gasteiger partial charge >= 0.3 is 0 Å². The van der Waals surface area contributed by atoms with Crippen molar-refractivity contribution >= 4 is 11.0 Å². The van der Waals surface area contributed by atoms with Crippen LogP contribution in [0.5, 0.6) is 5.75 Å². The Balaban J connectivity index is 2.36. The molecule has 0 aliphatic carbocycles. The van der Waals surface area contributed by atoms with Crippen molar-refractivity contribution in [2.45, 2.75) is 12.8 Å². The third-order valence-corrected chi connectivity index (χ3v) is 2.22. The molecule has 0 amide bonds. The molecule has 0 aliphatic rings. The summed E-state index contributed by atoms with van der Waals surface area (Å²) >= 11 is 0. The maximum atomic E-state index is 9.53. The fourth-order valence-corrected chi connectivity index (χ4v) is 1.50. The zero-order valence-corrected chi connectivity index (χ0v) is 7.86.